The summed E-state index contributed by atoms with van der Waals surface area (Å²) >= 11 is 0. The zero-order valence-corrected chi connectivity index (χ0v) is 12.7. The van der Waals surface area contributed by atoms with Crippen LogP contribution in [0.2, 0.25) is 0 Å². The second-order valence-corrected chi connectivity index (χ2v) is 5.64. The number of aryl methyl sites for hydroxylation is 1. The Morgan fingerprint density at radius 1 is 1.09 bits per heavy atom. The molecule has 3 nitrogen and oxygen atoms in total. The number of benzene rings is 2. The van der Waals surface area contributed by atoms with Crippen LogP contribution in [0.15, 0.2) is 42.5 Å². The van der Waals surface area contributed by atoms with E-state index in [-0.39, 0.29) is 5.91 Å². The van der Waals surface area contributed by atoms with Gasteiger partial charge in [0.05, 0.1) is 17.3 Å². The van der Waals surface area contributed by atoms with Gasteiger partial charge >= 0.3 is 0 Å². The van der Waals surface area contributed by atoms with Gasteiger partial charge in [0.2, 0.25) is 5.91 Å². The zero-order valence-electron chi connectivity index (χ0n) is 12.7. The van der Waals surface area contributed by atoms with Crippen molar-refractivity contribution in [3.8, 4) is 6.07 Å². The van der Waals surface area contributed by atoms with Crippen LogP contribution in [0.3, 0.4) is 0 Å². The van der Waals surface area contributed by atoms with Gasteiger partial charge < -0.3 is 0 Å². The first-order chi connectivity index (χ1) is 10.7. The molecule has 1 aliphatic rings. The molecule has 0 bridgehead atoms. The predicted molar refractivity (Wildman–Crippen MR) is 87.1 cm³/mol. The third-order valence-corrected chi connectivity index (χ3v) is 4.18. The van der Waals surface area contributed by atoms with Crippen molar-refractivity contribution < 1.29 is 4.79 Å². The third kappa shape index (κ3) is 2.60. The second-order valence-electron chi connectivity index (χ2n) is 5.64. The quantitative estimate of drug-likeness (QED) is 0.835. The molecular formula is C19H18N2O. The van der Waals surface area contributed by atoms with Crippen molar-refractivity contribution in [2.24, 2.45) is 0 Å². The van der Waals surface area contributed by atoms with E-state index in [0.29, 0.717) is 5.56 Å². The van der Waals surface area contributed by atoms with Gasteiger partial charge in [0, 0.05) is 12.6 Å². The molecule has 3 rings (SSSR count). The molecule has 0 unspecified atom stereocenters. The standard InChI is InChI=1S/C19H18N2O/c1-14(22)21(17-11-9-15(13-20)10-12-17)19-8-4-6-16-5-2-3-7-18(16)19/h4,6,8-12H,2-3,5,7H2,1H3. The molecule has 22 heavy (non-hydrogen) atoms. The number of nitrogens with zero attached hydrogens (tertiary/aromatic N) is 2. The first-order valence-corrected chi connectivity index (χ1v) is 7.62. The number of hydrogen-bond donors (Lipinski definition) is 0. The molecule has 2 aromatic carbocycles. The van der Waals surface area contributed by atoms with Crippen molar-refractivity contribution in [2.75, 3.05) is 4.90 Å². The van der Waals surface area contributed by atoms with E-state index in [2.05, 4.69) is 12.1 Å². The van der Waals surface area contributed by atoms with Crippen LogP contribution < -0.4 is 4.90 Å². The van der Waals surface area contributed by atoms with Gasteiger partial charge in [-0.3, -0.25) is 9.69 Å². The fourth-order valence-electron chi connectivity index (χ4n) is 3.15. The summed E-state index contributed by atoms with van der Waals surface area (Å²) in [5, 5.41) is 8.92. The molecule has 0 saturated heterocycles. The lowest BCUT2D eigenvalue weighted by molar-refractivity contribution is -0.115. The van der Waals surface area contributed by atoms with Gasteiger partial charge in [-0.05, 0) is 67.1 Å². The number of fused-ring (bicyclic) bond motifs is 1. The molecular weight excluding hydrogens is 272 g/mol. The van der Waals surface area contributed by atoms with Gasteiger partial charge in [-0.15, -0.1) is 0 Å². The van der Waals surface area contributed by atoms with Gasteiger partial charge in [-0.25, -0.2) is 0 Å². The van der Waals surface area contributed by atoms with E-state index in [1.165, 1.54) is 24.0 Å². The Morgan fingerprint density at radius 3 is 2.50 bits per heavy atom. The van der Waals surface area contributed by atoms with Crippen molar-refractivity contribution in [1.29, 1.82) is 5.26 Å². The Labute approximate surface area is 130 Å². The lowest BCUT2D eigenvalue weighted by Crippen LogP contribution is -2.25. The van der Waals surface area contributed by atoms with Crippen LogP contribution in [0.25, 0.3) is 0 Å². The summed E-state index contributed by atoms with van der Waals surface area (Å²) in [5.41, 5.74) is 5.03. The van der Waals surface area contributed by atoms with E-state index in [4.69, 9.17) is 5.26 Å². The van der Waals surface area contributed by atoms with Gasteiger partial charge in [0.15, 0.2) is 0 Å². The maximum absolute atomic E-state index is 12.2. The monoisotopic (exact) mass is 290 g/mol. The summed E-state index contributed by atoms with van der Waals surface area (Å²) in [4.78, 5) is 14.0. The van der Waals surface area contributed by atoms with Crippen molar-refractivity contribution in [3.63, 3.8) is 0 Å². The fourth-order valence-corrected chi connectivity index (χ4v) is 3.15. The van der Waals surface area contributed by atoms with Gasteiger partial charge in [0.1, 0.15) is 0 Å². The summed E-state index contributed by atoms with van der Waals surface area (Å²) in [5.74, 6) is -0.0105. The van der Waals surface area contributed by atoms with E-state index in [0.717, 1.165) is 24.2 Å². The van der Waals surface area contributed by atoms with E-state index >= 15 is 0 Å². The highest BCUT2D eigenvalue weighted by Gasteiger charge is 2.21. The molecule has 0 saturated carbocycles. The van der Waals surface area contributed by atoms with E-state index in [9.17, 15) is 4.79 Å². The van der Waals surface area contributed by atoms with Crippen LogP contribution >= 0.6 is 0 Å². The van der Waals surface area contributed by atoms with E-state index in [1.807, 2.05) is 24.3 Å². The van der Waals surface area contributed by atoms with Crippen LogP contribution in [0, 0.1) is 11.3 Å². The van der Waals surface area contributed by atoms with Gasteiger partial charge in [-0.2, -0.15) is 5.26 Å². The van der Waals surface area contributed by atoms with Crippen molar-refractivity contribution in [1.82, 2.24) is 0 Å². The number of carbonyl (C=O) groups excluding carboxylic acids is 1. The molecule has 3 heteroatoms. The molecule has 0 aliphatic heterocycles. The largest absolute Gasteiger partial charge is 0.281 e. The highest BCUT2D eigenvalue weighted by molar-refractivity contribution is 6.00. The number of nitriles is 1. The average Bonchev–Trinajstić information content (AvgIpc) is 2.56. The molecule has 0 heterocycles. The van der Waals surface area contributed by atoms with Crippen LogP contribution in [-0.2, 0) is 17.6 Å². The van der Waals surface area contributed by atoms with Gasteiger partial charge in [-0.1, -0.05) is 12.1 Å². The number of hydrogen-bond acceptors (Lipinski definition) is 2. The van der Waals surface area contributed by atoms with Crippen LogP contribution in [0.1, 0.15) is 36.5 Å². The summed E-state index contributed by atoms with van der Waals surface area (Å²) < 4.78 is 0. The number of rotatable bonds is 2. The average molecular weight is 290 g/mol. The minimum absolute atomic E-state index is 0.0105. The van der Waals surface area contributed by atoms with Gasteiger partial charge in [0.25, 0.3) is 0 Å². The molecule has 0 N–H and O–H groups in total. The minimum Gasteiger partial charge on any atom is -0.281 e. The van der Waals surface area contributed by atoms with Crippen LogP contribution in [0.4, 0.5) is 11.4 Å². The van der Waals surface area contributed by atoms with E-state index < -0.39 is 0 Å². The minimum atomic E-state index is -0.0105. The highest BCUT2D eigenvalue weighted by Crippen LogP contribution is 2.34. The molecule has 0 atom stereocenters. The van der Waals surface area contributed by atoms with E-state index in [1.54, 1.807) is 24.0 Å². The Morgan fingerprint density at radius 2 is 1.82 bits per heavy atom. The van der Waals surface area contributed by atoms with Crippen molar-refractivity contribution in [2.45, 2.75) is 32.6 Å². The maximum atomic E-state index is 12.2. The lowest BCUT2D eigenvalue weighted by Gasteiger charge is -2.27. The summed E-state index contributed by atoms with van der Waals surface area (Å²) in [6.07, 6.45) is 4.49. The number of anilines is 2. The number of carbonyl (C=O) groups is 1. The molecule has 0 aromatic heterocycles. The second kappa shape index (κ2) is 6.03. The number of amides is 1. The lowest BCUT2D eigenvalue weighted by atomic mass is 9.90. The Hall–Kier alpha value is -2.60. The zero-order chi connectivity index (χ0) is 15.5. The first kappa shape index (κ1) is 14.3. The fraction of sp³-hybridized carbons (Fsp3) is 0.263. The molecule has 2 aromatic rings. The Kier molecular flexibility index (Phi) is 3.93. The summed E-state index contributed by atoms with van der Waals surface area (Å²) in [6, 6.07) is 15.5. The Balaban J connectivity index is 2.09. The molecule has 0 spiro atoms. The maximum Gasteiger partial charge on any atom is 0.228 e. The summed E-state index contributed by atoms with van der Waals surface area (Å²) in [6.45, 7) is 1.58. The Bertz CT molecular complexity index is 741. The van der Waals surface area contributed by atoms with Crippen LogP contribution in [-0.4, -0.2) is 5.91 Å². The SMILES string of the molecule is CC(=O)N(c1ccc(C#N)cc1)c1cccc2c1CCCC2. The topological polar surface area (TPSA) is 44.1 Å². The normalized spacial score (nSPS) is 13.1. The molecule has 1 amide bonds. The third-order valence-electron chi connectivity index (χ3n) is 4.18. The molecule has 110 valence electrons. The van der Waals surface area contributed by atoms with Crippen molar-refractivity contribution >= 4 is 17.3 Å². The predicted octanol–water partition coefficient (Wildman–Crippen LogP) is 4.12. The first-order valence-electron chi connectivity index (χ1n) is 7.62. The van der Waals surface area contributed by atoms with Crippen LogP contribution in [0.5, 0.6) is 0 Å². The highest BCUT2D eigenvalue weighted by atomic mass is 16.2. The molecule has 0 radical (unpaired) electrons. The smallest absolute Gasteiger partial charge is 0.228 e. The molecule has 1 aliphatic carbocycles. The molecule has 0 fully saturated rings. The van der Waals surface area contributed by atoms with Crippen molar-refractivity contribution in [3.05, 3.63) is 59.2 Å². The summed E-state index contributed by atoms with van der Waals surface area (Å²) in [7, 11) is 0.